The molecule has 1 aromatic heterocycles. The highest BCUT2D eigenvalue weighted by molar-refractivity contribution is 7.07. The van der Waals surface area contributed by atoms with Gasteiger partial charge in [-0.2, -0.15) is 11.3 Å². The molecule has 0 aliphatic heterocycles. The predicted molar refractivity (Wildman–Crippen MR) is 46.7 cm³/mol. The Morgan fingerprint density at radius 1 is 1.75 bits per heavy atom. The van der Waals surface area contributed by atoms with Crippen LogP contribution in [0.25, 0.3) is 0 Å². The van der Waals surface area contributed by atoms with Crippen LogP contribution in [0, 0.1) is 0 Å². The van der Waals surface area contributed by atoms with E-state index in [1.54, 1.807) is 11.3 Å². The number of carbonyl (C=O) groups excluding carboxylic acids is 1. The summed E-state index contributed by atoms with van der Waals surface area (Å²) in [6.07, 6.45) is 0. The fourth-order valence-corrected chi connectivity index (χ4v) is 1.37. The van der Waals surface area contributed by atoms with Crippen LogP contribution in [0.15, 0.2) is 16.8 Å². The molecule has 0 atom stereocenters. The molecule has 12 heavy (non-hydrogen) atoms. The molecule has 0 aromatic carbocycles. The summed E-state index contributed by atoms with van der Waals surface area (Å²) in [7, 11) is 1.39. The van der Waals surface area contributed by atoms with Crippen molar-refractivity contribution in [3.63, 3.8) is 0 Å². The van der Waals surface area contributed by atoms with E-state index in [4.69, 9.17) is 0 Å². The molecular weight excluding hydrogens is 176 g/mol. The second-order valence-electron chi connectivity index (χ2n) is 2.12. The van der Waals surface area contributed by atoms with Gasteiger partial charge in [-0.1, -0.05) is 0 Å². The van der Waals surface area contributed by atoms with E-state index in [1.807, 2.05) is 16.8 Å². The number of amides is 2. The molecule has 1 aromatic rings. The largest absolute Gasteiger partial charge is 0.338 e. The molecule has 2 amide bonds. The van der Waals surface area contributed by atoms with Gasteiger partial charge in [0, 0.05) is 6.54 Å². The van der Waals surface area contributed by atoms with Gasteiger partial charge in [-0.25, -0.2) is 10.3 Å². The van der Waals surface area contributed by atoms with Gasteiger partial charge in [0.25, 0.3) is 0 Å². The number of hydroxylamine groups is 1. The molecular formula is C7H10N2O2S. The molecule has 1 heterocycles. The van der Waals surface area contributed by atoms with Crippen LogP contribution >= 0.6 is 11.3 Å². The number of rotatable bonds is 3. The first-order chi connectivity index (χ1) is 5.83. The third kappa shape index (κ3) is 2.89. The Hall–Kier alpha value is -1.07. The van der Waals surface area contributed by atoms with E-state index in [-0.39, 0.29) is 6.03 Å². The molecule has 0 spiro atoms. The van der Waals surface area contributed by atoms with Crippen molar-refractivity contribution < 1.29 is 9.63 Å². The minimum atomic E-state index is -0.330. The third-order valence-electron chi connectivity index (χ3n) is 1.23. The van der Waals surface area contributed by atoms with E-state index >= 15 is 0 Å². The molecule has 5 heteroatoms. The minimum Gasteiger partial charge on any atom is -0.332 e. The average Bonchev–Trinajstić information content (AvgIpc) is 2.53. The van der Waals surface area contributed by atoms with Gasteiger partial charge < -0.3 is 5.32 Å². The number of nitrogens with one attached hydrogen (secondary N) is 2. The summed E-state index contributed by atoms with van der Waals surface area (Å²) < 4.78 is 0. The molecule has 0 saturated carbocycles. The van der Waals surface area contributed by atoms with Crippen LogP contribution in [0.3, 0.4) is 0 Å². The number of carbonyl (C=O) groups is 1. The zero-order valence-electron chi connectivity index (χ0n) is 6.66. The number of hydrogen-bond donors (Lipinski definition) is 2. The van der Waals surface area contributed by atoms with Gasteiger partial charge in [0.15, 0.2) is 0 Å². The minimum absolute atomic E-state index is 0.330. The van der Waals surface area contributed by atoms with E-state index in [0.29, 0.717) is 6.54 Å². The van der Waals surface area contributed by atoms with Crippen LogP contribution in [0.4, 0.5) is 4.79 Å². The Bertz CT molecular complexity index is 236. The van der Waals surface area contributed by atoms with E-state index in [2.05, 4.69) is 15.6 Å². The van der Waals surface area contributed by atoms with Gasteiger partial charge in [0.05, 0.1) is 7.11 Å². The highest BCUT2D eigenvalue weighted by Gasteiger charge is 1.97. The molecule has 0 saturated heterocycles. The highest BCUT2D eigenvalue weighted by Crippen LogP contribution is 2.04. The summed E-state index contributed by atoms with van der Waals surface area (Å²) in [5.74, 6) is 0. The normalized spacial score (nSPS) is 9.42. The molecule has 66 valence electrons. The second kappa shape index (κ2) is 4.74. The SMILES string of the molecule is CONC(=O)NCc1ccsc1. The van der Waals surface area contributed by atoms with Crippen molar-refractivity contribution in [1.82, 2.24) is 10.8 Å². The maximum atomic E-state index is 10.8. The molecule has 0 unspecified atom stereocenters. The lowest BCUT2D eigenvalue weighted by Gasteiger charge is -2.02. The maximum Gasteiger partial charge on any atom is 0.338 e. The van der Waals surface area contributed by atoms with Gasteiger partial charge in [0.1, 0.15) is 0 Å². The quantitative estimate of drug-likeness (QED) is 0.695. The lowest BCUT2D eigenvalue weighted by molar-refractivity contribution is 0.107. The number of thiophene rings is 1. The Morgan fingerprint density at radius 3 is 3.17 bits per heavy atom. The summed E-state index contributed by atoms with van der Waals surface area (Å²) in [5.41, 5.74) is 3.25. The third-order valence-corrected chi connectivity index (χ3v) is 1.96. The van der Waals surface area contributed by atoms with Crippen LogP contribution < -0.4 is 10.8 Å². The number of urea groups is 1. The molecule has 0 radical (unpaired) electrons. The monoisotopic (exact) mass is 186 g/mol. The van der Waals surface area contributed by atoms with E-state index in [1.165, 1.54) is 7.11 Å². The Labute approximate surface area is 74.5 Å². The number of hydrogen-bond acceptors (Lipinski definition) is 3. The highest BCUT2D eigenvalue weighted by atomic mass is 32.1. The summed E-state index contributed by atoms with van der Waals surface area (Å²) in [4.78, 5) is 15.2. The first kappa shape index (κ1) is 9.02. The molecule has 0 fully saturated rings. The maximum absolute atomic E-state index is 10.8. The van der Waals surface area contributed by atoms with Crippen LogP contribution in [-0.2, 0) is 11.4 Å². The van der Waals surface area contributed by atoms with Crippen molar-refractivity contribution >= 4 is 17.4 Å². The predicted octanol–water partition coefficient (Wildman–Crippen LogP) is 1.11. The van der Waals surface area contributed by atoms with E-state index in [0.717, 1.165) is 5.56 Å². The molecule has 0 aliphatic rings. The van der Waals surface area contributed by atoms with Gasteiger partial charge in [-0.05, 0) is 22.4 Å². The van der Waals surface area contributed by atoms with Gasteiger partial charge in [0.2, 0.25) is 0 Å². The molecule has 0 aliphatic carbocycles. The Kier molecular flexibility index (Phi) is 3.56. The fourth-order valence-electron chi connectivity index (χ4n) is 0.704. The van der Waals surface area contributed by atoms with E-state index in [9.17, 15) is 4.79 Å². The summed E-state index contributed by atoms with van der Waals surface area (Å²) in [6, 6.07) is 1.63. The lowest BCUT2D eigenvalue weighted by Crippen LogP contribution is -2.33. The first-order valence-electron chi connectivity index (χ1n) is 3.41. The summed E-state index contributed by atoms with van der Waals surface area (Å²) >= 11 is 1.60. The van der Waals surface area contributed by atoms with Gasteiger partial charge in [-0.15, -0.1) is 0 Å². The van der Waals surface area contributed by atoms with Crippen molar-refractivity contribution in [2.24, 2.45) is 0 Å². The summed E-state index contributed by atoms with van der Waals surface area (Å²) in [6.45, 7) is 0.526. The van der Waals surface area contributed by atoms with Gasteiger partial charge in [-0.3, -0.25) is 4.84 Å². The fraction of sp³-hybridized carbons (Fsp3) is 0.286. The second-order valence-corrected chi connectivity index (χ2v) is 2.90. The topological polar surface area (TPSA) is 50.4 Å². The van der Waals surface area contributed by atoms with Crippen LogP contribution in [0.2, 0.25) is 0 Å². The first-order valence-corrected chi connectivity index (χ1v) is 4.35. The van der Waals surface area contributed by atoms with Crippen LogP contribution in [0.1, 0.15) is 5.56 Å². The zero-order chi connectivity index (χ0) is 8.81. The van der Waals surface area contributed by atoms with Crippen molar-refractivity contribution in [2.75, 3.05) is 7.11 Å². The molecule has 0 bridgehead atoms. The summed E-state index contributed by atoms with van der Waals surface area (Å²) in [5, 5.41) is 6.56. The Balaban J connectivity index is 2.22. The van der Waals surface area contributed by atoms with E-state index < -0.39 is 0 Å². The molecule has 1 rings (SSSR count). The lowest BCUT2D eigenvalue weighted by atomic mass is 10.3. The van der Waals surface area contributed by atoms with Crippen molar-refractivity contribution in [3.05, 3.63) is 22.4 Å². The standard InChI is InChI=1S/C7H10N2O2S/c1-11-9-7(10)8-4-6-2-3-12-5-6/h2-3,5H,4H2,1H3,(H2,8,9,10). The average molecular weight is 186 g/mol. The van der Waals surface area contributed by atoms with Crippen molar-refractivity contribution in [2.45, 2.75) is 6.54 Å². The Morgan fingerprint density at radius 2 is 2.58 bits per heavy atom. The molecule has 2 N–H and O–H groups in total. The van der Waals surface area contributed by atoms with Crippen molar-refractivity contribution in [3.8, 4) is 0 Å². The smallest absolute Gasteiger partial charge is 0.332 e. The van der Waals surface area contributed by atoms with Crippen molar-refractivity contribution in [1.29, 1.82) is 0 Å². The zero-order valence-corrected chi connectivity index (χ0v) is 7.48. The van der Waals surface area contributed by atoms with Crippen LogP contribution in [-0.4, -0.2) is 13.1 Å². The molecule has 4 nitrogen and oxygen atoms in total. The van der Waals surface area contributed by atoms with Gasteiger partial charge >= 0.3 is 6.03 Å². The van der Waals surface area contributed by atoms with Crippen LogP contribution in [0.5, 0.6) is 0 Å².